The van der Waals surface area contributed by atoms with Crippen LogP contribution in [0.4, 0.5) is 0 Å². The third-order valence-electron chi connectivity index (χ3n) is 3.43. The third-order valence-corrected chi connectivity index (χ3v) is 3.43. The molecule has 0 aromatic carbocycles. The van der Waals surface area contributed by atoms with Gasteiger partial charge < -0.3 is 4.90 Å². The van der Waals surface area contributed by atoms with Crippen molar-refractivity contribution in [2.24, 2.45) is 11.8 Å². The molecule has 1 nitrogen and oxygen atoms in total. The minimum Gasteiger partial charge on any atom is -0.303 e. The van der Waals surface area contributed by atoms with E-state index in [-0.39, 0.29) is 0 Å². The van der Waals surface area contributed by atoms with E-state index < -0.39 is 0 Å². The molecule has 0 N–H and O–H groups in total. The number of hydrogen-bond donors (Lipinski definition) is 0. The molecule has 1 aliphatic heterocycles. The minimum absolute atomic E-state index is 0.832. The second-order valence-corrected chi connectivity index (χ2v) is 4.08. The summed E-state index contributed by atoms with van der Waals surface area (Å²) in [5, 5.41) is 0. The highest BCUT2D eigenvalue weighted by Crippen LogP contribution is 2.28. The Morgan fingerprint density at radius 1 is 1.36 bits per heavy atom. The SMILES string of the molecule is CCC1C(C)C(C)CCN1C. The highest BCUT2D eigenvalue weighted by atomic mass is 15.1. The Bertz CT molecular complexity index is 122. The van der Waals surface area contributed by atoms with Crippen molar-refractivity contribution >= 4 is 0 Å². The zero-order valence-corrected chi connectivity index (χ0v) is 8.30. The molecule has 1 fully saturated rings. The Labute approximate surface area is 70.8 Å². The zero-order chi connectivity index (χ0) is 8.43. The van der Waals surface area contributed by atoms with Crippen LogP contribution in [0, 0.1) is 11.8 Å². The highest BCUT2D eigenvalue weighted by Gasteiger charge is 2.28. The van der Waals surface area contributed by atoms with E-state index in [0.29, 0.717) is 0 Å². The molecule has 3 unspecified atom stereocenters. The third kappa shape index (κ3) is 1.76. The van der Waals surface area contributed by atoms with E-state index in [1.165, 1.54) is 19.4 Å². The van der Waals surface area contributed by atoms with Gasteiger partial charge >= 0.3 is 0 Å². The van der Waals surface area contributed by atoms with Crippen molar-refractivity contribution in [3.8, 4) is 0 Å². The van der Waals surface area contributed by atoms with Crippen molar-refractivity contribution < 1.29 is 0 Å². The van der Waals surface area contributed by atoms with Gasteiger partial charge in [0.05, 0.1) is 0 Å². The highest BCUT2D eigenvalue weighted by molar-refractivity contribution is 4.82. The lowest BCUT2D eigenvalue weighted by atomic mass is 9.81. The fraction of sp³-hybridized carbons (Fsp3) is 1.00. The van der Waals surface area contributed by atoms with Crippen LogP contribution in [0.25, 0.3) is 0 Å². The molecule has 0 bridgehead atoms. The molecular formula is C10H21N. The molecule has 1 heteroatoms. The van der Waals surface area contributed by atoms with Gasteiger partial charge in [0, 0.05) is 6.04 Å². The maximum absolute atomic E-state index is 2.52. The Hall–Kier alpha value is -0.0400. The maximum atomic E-state index is 2.52. The van der Waals surface area contributed by atoms with Crippen molar-refractivity contribution in [2.45, 2.75) is 39.7 Å². The summed E-state index contributed by atoms with van der Waals surface area (Å²) in [6.45, 7) is 8.38. The van der Waals surface area contributed by atoms with Gasteiger partial charge in [0.25, 0.3) is 0 Å². The molecule has 66 valence electrons. The van der Waals surface area contributed by atoms with E-state index in [9.17, 15) is 0 Å². The van der Waals surface area contributed by atoms with Crippen LogP contribution in [0.15, 0.2) is 0 Å². The van der Waals surface area contributed by atoms with Crippen molar-refractivity contribution in [3.05, 3.63) is 0 Å². The summed E-state index contributed by atoms with van der Waals surface area (Å²) in [6.07, 6.45) is 2.69. The van der Waals surface area contributed by atoms with Crippen molar-refractivity contribution in [1.29, 1.82) is 0 Å². The average Bonchev–Trinajstić information content (AvgIpc) is 1.99. The first-order chi connectivity index (χ1) is 5.16. The van der Waals surface area contributed by atoms with E-state index in [4.69, 9.17) is 0 Å². The van der Waals surface area contributed by atoms with Crippen LogP contribution in [0.5, 0.6) is 0 Å². The fourth-order valence-electron chi connectivity index (χ4n) is 2.30. The number of nitrogens with zero attached hydrogens (tertiary/aromatic N) is 1. The Morgan fingerprint density at radius 2 is 2.00 bits per heavy atom. The molecular weight excluding hydrogens is 134 g/mol. The van der Waals surface area contributed by atoms with Crippen molar-refractivity contribution in [3.63, 3.8) is 0 Å². The first-order valence-electron chi connectivity index (χ1n) is 4.87. The van der Waals surface area contributed by atoms with Gasteiger partial charge in [-0.25, -0.2) is 0 Å². The molecule has 0 radical (unpaired) electrons. The number of piperidine rings is 1. The maximum Gasteiger partial charge on any atom is 0.0118 e. The van der Waals surface area contributed by atoms with Gasteiger partial charge in [-0.2, -0.15) is 0 Å². The number of likely N-dealkylation sites (tertiary alicyclic amines) is 1. The summed E-state index contributed by atoms with van der Waals surface area (Å²) < 4.78 is 0. The van der Waals surface area contributed by atoms with Gasteiger partial charge in [0.2, 0.25) is 0 Å². The monoisotopic (exact) mass is 155 g/mol. The second kappa shape index (κ2) is 3.57. The quantitative estimate of drug-likeness (QED) is 0.562. The molecule has 0 spiro atoms. The Morgan fingerprint density at radius 3 is 2.45 bits per heavy atom. The molecule has 1 aliphatic rings. The standard InChI is InChI=1S/C10H21N/c1-5-10-9(3)8(2)6-7-11(10)4/h8-10H,5-7H2,1-4H3. The van der Waals surface area contributed by atoms with Gasteiger partial charge in [0.1, 0.15) is 0 Å². The topological polar surface area (TPSA) is 3.24 Å². The summed E-state index contributed by atoms with van der Waals surface area (Å²) in [4.78, 5) is 2.52. The summed E-state index contributed by atoms with van der Waals surface area (Å²) in [5.41, 5.74) is 0. The van der Waals surface area contributed by atoms with Gasteiger partial charge in [-0.3, -0.25) is 0 Å². The summed E-state index contributed by atoms with van der Waals surface area (Å²) in [6, 6.07) is 0.832. The van der Waals surface area contributed by atoms with Crippen LogP contribution >= 0.6 is 0 Å². The predicted octanol–water partition coefficient (Wildman–Crippen LogP) is 2.37. The second-order valence-electron chi connectivity index (χ2n) is 4.08. The van der Waals surface area contributed by atoms with Crippen LogP contribution in [0.1, 0.15) is 33.6 Å². The number of hydrogen-bond acceptors (Lipinski definition) is 1. The van der Waals surface area contributed by atoms with Crippen LogP contribution < -0.4 is 0 Å². The molecule has 0 aromatic heterocycles. The first kappa shape index (κ1) is 9.05. The van der Waals surface area contributed by atoms with Crippen molar-refractivity contribution in [1.82, 2.24) is 4.90 Å². The summed E-state index contributed by atoms with van der Waals surface area (Å²) in [5.74, 6) is 1.81. The zero-order valence-electron chi connectivity index (χ0n) is 8.30. The van der Waals surface area contributed by atoms with Gasteiger partial charge in [0.15, 0.2) is 0 Å². The Kier molecular flexibility index (Phi) is 2.94. The molecule has 0 aliphatic carbocycles. The smallest absolute Gasteiger partial charge is 0.0118 e. The van der Waals surface area contributed by atoms with E-state index in [0.717, 1.165) is 17.9 Å². The lowest BCUT2D eigenvalue weighted by Gasteiger charge is -2.41. The van der Waals surface area contributed by atoms with Gasteiger partial charge in [-0.1, -0.05) is 20.8 Å². The van der Waals surface area contributed by atoms with Crippen LogP contribution in [0.3, 0.4) is 0 Å². The van der Waals surface area contributed by atoms with Gasteiger partial charge in [-0.05, 0) is 38.3 Å². The molecule has 1 heterocycles. The molecule has 0 saturated carbocycles. The first-order valence-corrected chi connectivity index (χ1v) is 4.87. The minimum atomic E-state index is 0.832. The van der Waals surface area contributed by atoms with E-state index in [2.05, 4.69) is 32.7 Å². The molecule has 1 saturated heterocycles. The average molecular weight is 155 g/mol. The fourth-order valence-corrected chi connectivity index (χ4v) is 2.30. The molecule has 0 amide bonds. The lowest BCUT2D eigenvalue weighted by molar-refractivity contribution is 0.0848. The summed E-state index contributed by atoms with van der Waals surface area (Å²) >= 11 is 0. The normalized spacial score (nSPS) is 40.9. The molecule has 11 heavy (non-hydrogen) atoms. The molecule has 0 aromatic rings. The van der Waals surface area contributed by atoms with E-state index in [1.54, 1.807) is 0 Å². The number of rotatable bonds is 1. The van der Waals surface area contributed by atoms with Gasteiger partial charge in [-0.15, -0.1) is 0 Å². The Balaban J connectivity index is 2.55. The molecule has 3 atom stereocenters. The predicted molar refractivity (Wildman–Crippen MR) is 49.7 cm³/mol. The summed E-state index contributed by atoms with van der Waals surface area (Å²) in [7, 11) is 2.26. The van der Waals surface area contributed by atoms with Crippen LogP contribution in [-0.4, -0.2) is 24.5 Å². The van der Waals surface area contributed by atoms with Crippen molar-refractivity contribution in [2.75, 3.05) is 13.6 Å². The van der Waals surface area contributed by atoms with Crippen LogP contribution in [0.2, 0.25) is 0 Å². The van der Waals surface area contributed by atoms with E-state index >= 15 is 0 Å². The van der Waals surface area contributed by atoms with Crippen LogP contribution in [-0.2, 0) is 0 Å². The van der Waals surface area contributed by atoms with E-state index in [1.807, 2.05) is 0 Å². The largest absolute Gasteiger partial charge is 0.303 e. The lowest BCUT2D eigenvalue weighted by Crippen LogP contribution is -2.44. The molecule has 1 rings (SSSR count).